The molecule has 0 saturated heterocycles. The number of anilines is 1. The van der Waals surface area contributed by atoms with Crippen LogP contribution < -0.4 is 5.73 Å². The molecule has 0 aromatic heterocycles. The molecule has 3 nitrogen and oxygen atoms in total. The largest absolute Gasteiger partial charge is 0.396 e. The Balaban J connectivity index is 1.79. The molecule has 0 unspecified atom stereocenters. The number of halogens is 1. The van der Waals surface area contributed by atoms with E-state index in [1.54, 1.807) is 12.1 Å². The van der Waals surface area contributed by atoms with Crippen LogP contribution >= 0.6 is 0 Å². The van der Waals surface area contributed by atoms with E-state index in [1.807, 2.05) is 4.90 Å². The van der Waals surface area contributed by atoms with Crippen molar-refractivity contribution in [3.8, 4) is 0 Å². The fourth-order valence-electron chi connectivity index (χ4n) is 2.36. The van der Waals surface area contributed by atoms with Crippen LogP contribution in [-0.4, -0.2) is 23.9 Å². The summed E-state index contributed by atoms with van der Waals surface area (Å²) in [7, 11) is 0. The molecule has 0 heterocycles. The maximum Gasteiger partial charge on any atom is 0.256 e. The van der Waals surface area contributed by atoms with E-state index in [4.69, 9.17) is 5.73 Å². The lowest BCUT2D eigenvalue weighted by Gasteiger charge is -2.23. The molecule has 4 heteroatoms. The molecule has 1 aromatic rings. The molecule has 0 spiro atoms. The van der Waals surface area contributed by atoms with Gasteiger partial charge in [0.1, 0.15) is 5.82 Å². The Labute approximate surface area is 112 Å². The standard InChI is InChI=1S/C15H19FN2O/c16-13-3-1-2-12(14(13)17)15(19)18(8-10-4-5-10)9-11-6-7-11/h1-3,10-11H,4-9,17H2. The highest BCUT2D eigenvalue weighted by atomic mass is 19.1. The van der Waals surface area contributed by atoms with Crippen molar-refractivity contribution in [2.45, 2.75) is 25.7 Å². The minimum absolute atomic E-state index is 0.0240. The molecule has 0 bridgehead atoms. The Bertz CT molecular complexity index is 481. The average molecular weight is 262 g/mol. The molecule has 2 fully saturated rings. The molecule has 102 valence electrons. The van der Waals surface area contributed by atoms with Crippen LogP contribution in [0, 0.1) is 17.7 Å². The Kier molecular flexibility index (Phi) is 3.17. The summed E-state index contributed by atoms with van der Waals surface area (Å²) in [6.45, 7) is 1.59. The molecule has 0 radical (unpaired) electrons. The van der Waals surface area contributed by atoms with E-state index >= 15 is 0 Å². The number of nitrogens with zero attached hydrogens (tertiary/aromatic N) is 1. The van der Waals surface area contributed by atoms with Gasteiger partial charge in [-0.3, -0.25) is 4.79 Å². The van der Waals surface area contributed by atoms with E-state index in [2.05, 4.69) is 0 Å². The van der Waals surface area contributed by atoms with Crippen molar-refractivity contribution in [3.05, 3.63) is 29.6 Å². The van der Waals surface area contributed by atoms with Crippen molar-refractivity contribution in [1.29, 1.82) is 0 Å². The number of carbonyl (C=O) groups is 1. The van der Waals surface area contributed by atoms with Gasteiger partial charge >= 0.3 is 0 Å². The Morgan fingerprint density at radius 1 is 1.21 bits per heavy atom. The van der Waals surface area contributed by atoms with Crippen molar-refractivity contribution in [3.63, 3.8) is 0 Å². The van der Waals surface area contributed by atoms with Gasteiger partial charge in [0.05, 0.1) is 11.3 Å². The number of rotatable bonds is 5. The molecule has 2 aliphatic rings. The van der Waals surface area contributed by atoms with E-state index in [9.17, 15) is 9.18 Å². The Morgan fingerprint density at radius 2 is 1.79 bits per heavy atom. The summed E-state index contributed by atoms with van der Waals surface area (Å²) >= 11 is 0. The second kappa shape index (κ2) is 4.83. The van der Waals surface area contributed by atoms with Crippen LogP contribution in [-0.2, 0) is 0 Å². The van der Waals surface area contributed by atoms with E-state index in [0.29, 0.717) is 17.4 Å². The normalized spacial score (nSPS) is 18.4. The van der Waals surface area contributed by atoms with Gasteiger partial charge in [-0.25, -0.2) is 4.39 Å². The molecule has 1 amide bonds. The van der Waals surface area contributed by atoms with E-state index in [0.717, 1.165) is 13.1 Å². The first-order chi connectivity index (χ1) is 9.15. The number of hydrogen-bond donors (Lipinski definition) is 1. The van der Waals surface area contributed by atoms with Gasteiger partial charge in [0.2, 0.25) is 0 Å². The monoisotopic (exact) mass is 262 g/mol. The summed E-state index contributed by atoms with van der Waals surface area (Å²) in [6.07, 6.45) is 4.81. The summed E-state index contributed by atoms with van der Waals surface area (Å²) in [5.74, 6) is 0.648. The SMILES string of the molecule is Nc1c(F)cccc1C(=O)N(CC1CC1)CC1CC1. The number of amides is 1. The van der Waals surface area contributed by atoms with Gasteiger partial charge in [-0.05, 0) is 49.7 Å². The topological polar surface area (TPSA) is 46.3 Å². The summed E-state index contributed by atoms with van der Waals surface area (Å²) in [6, 6.07) is 4.46. The van der Waals surface area contributed by atoms with Crippen molar-refractivity contribution in [2.24, 2.45) is 11.8 Å². The van der Waals surface area contributed by atoms with E-state index in [-0.39, 0.29) is 11.6 Å². The molecule has 1 aromatic carbocycles. The first kappa shape index (κ1) is 12.5. The zero-order chi connectivity index (χ0) is 13.4. The van der Waals surface area contributed by atoms with Crippen molar-refractivity contribution >= 4 is 11.6 Å². The first-order valence-corrected chi connectivity index (χ1v) is 6.98. The smallest absolute Gasteiger partial charge is 0.256 e. The number of nitrogen functional groups attached to an aromatic ring is 1. The number of hydrogen-bond acceptors (Lipinski definition) is 2. The lowest BCUT2D eigenvalue weighted by molar-refractivity contribution is 0.0740. The molecule has 0 aliphatic heterocycles. The fraction of sp³-hybridized carbons (Fsp3) is 0.533. The minimum Gasteiger partial charge on any atom is -0.396 e. The third-order valence-electron chi connectivity index (χ3n) is 3.92. The number of para-hydroxylation sites is 1. The van der Waals surface area contributed by atoms with Crippen LogP contribution in [0.4, 0.5) is 10.1 Å². The second-order valence-corrected chi connectivity index (χ2v) is 5.80. The van der Waals surface area contributed by atoms with Gasteiger partial charge in [-0.1, -0.05) is 6.07 Å². The van der Waals surface area contributed by atoms with Gasteiger partial charge in [-0.2, -0.15) is 0 Å². The molecule has 19 heavy (non-hydrogen) atoms. The lowest BCUT2D eigenvalue weighted by atomic mass is 10.1. The summed E-state index contributed by atoms with van der Waals surface area (Å²) < 4.78 is 13.5. The van der Waals surface area contributed by atoms with Crippen molar-refractivity contribution in [2.75, 3.05) is 18.8 Å². The molecule has 2 N–H and O–H groups in total. The molecular formula is C15H19FN2O. The van der Waals surface area contributed by atoms with Gasteiger partial charge in [0, 0.05) is 13.1 Å². The molecule has 2 aliphatic carbocycles. The highest BCUT2D eigenvalue weighted by Crippen LogP contribution is 2.34. The number of benzene rings is 1. The Morgan fingerprint density at radius 3 is 2.32 bits per heavy atom. The maximum absolute atomic E-state index is 13.5. The highest BCUT2D eigenvalue weighted by Gasteiger charge is 2.32. The van der Waals surface area contributed by atoms with Gasteiger partial charge in [-0.15, -0.1) is 0 Å². The zero-order valence-corrected chi connectivity index (χ0v) is 10.9. The number of nitrogens with two attached hydrogens (primary N) is 1. The van der Waals surface area contributed by atoms with Gasteiger partial charge in [0.25, 0.3) is 5.91 Å². The summed E-state index contributed by atoms with van der Waals surface area (Å²) in [4.78, 5) is 14.4. The van der Waals surface area contributed by atoms with E-state index < -0.39 is 5.82 Å². The van der Waals surface area contributed by atoms with Crippen LogP contribution in [0.1, 0.15) is 36.0 Å². The predicted molar refractivity (Wildman–Crippen MR) is 72.2 cm³/mol. The maximum atomic E-state index is 13.5. The molecule has 0 atom stereocenters. The number of carbonyl (C=O) groups excluding carboxylic acids is 1. The van der Waals surface area contributed by atoms with E-state index in [1.165, 1.54) is 31.7 Å². The van der Waals surface area contributed by atoms with Crippen LogP contribution in [0.3, 0.4) is 0 Å². The van der Waals surface area contributed by atoms with Crippen LogP contribution in [0.5, 0.6) is 0 Å². The molecule has 2 saturated carbocycles. The zero-order valence-electron chi connectivity index (χ0n) is 10.9. The quantitative estimate of drug-likeness (QED) is 0.829. The van der Waals surface area contributed by atoms with Crippen molar-refractivity contribution < 1.29 is 9.18 Å². The summed E-state index contributed by atoms with van der Waals surface area (Å²) in [5.41, 5.74) is 5.97. The Hall–Kier alpha value is -1.58. The highest BCUT2D eigenvalue weighted by molar-refractivity contribution is 5.99. The van der Waals surface area contributed by atoms with Gasteiger partial charge < -0.3 is 10.6 Å². The van der Waals surface area contributed by atoms with Crippen LogP contribution in [0.25, 0.3) is 0 Å². The molecular weight excluding hydrogens is 243 g/mol. The first-order valence-electron chi connectivity index (χ1n) is 6.98. The third-order valence-corrected chi connectivity index (χ3v) is 3.92. The second-order valence-electron chi connectivity index (χ2n) is 5.80. The lowest BCUT2D eigenvalue weighted by Crippen LogP contribution is -2.35. The van der Waals surface area contributed by atoms with Gasteiger partial charge in [0.15, 0.2) is 0 Å². The summed E-state index contributed by atoms with van der Waals surface area (Å²) in [5, 5.41) is 0. The van der Waals surface area contributed by atoms with Crippen LogP contribution in [0.2, 0.25) is 0 Å². The molecule has 3 rings (SSSR count). The fourth-order valence-corrected chi connectivity index (χ4v) is 2.36. The third kappa shape index (κ3) is 2.88. The predicted octanol–water partition coefficient (Wildman–Crippen LogP) is 2.67. The van der Waals surface area contributed by atoms with Crippen molar-refractivity contribution in [1.82, 2.24) is 4.90 Å². The average Bonchev–Trinajstić information content (AvgIpc) is 3.26. The minimum atomic E-state index is -0.511. The van der Waals surface area contributed by atoms with Crippen LogP contribution in [0.15, 0.2) is 18.2 Å².